The van der Waals surface area contributed by atoms with E-state index in [1.165, 1.54) is 24.8 Å². The Morgan fingerprint density at radius 3 is 2.70 bits per heavy atom. The number of piperidine rings is 1. The van der Waals surface area contributed by atoms with Crippen LogP contribution in [0.25, 0.3) is 0 Å². The number of nitrogens with one attached hydrogen (secondary N) is 2. The van der Waals surface area contributed by atoms with Crippen LogP contribution in [0.15, 0.2) is 48.5 Å². The van der Waals surface area contributed by atoms with Crippen molar-refractivity contribution in [1.82, 2.24) is 15.1 Å². The SMILES string of the molecule is CC1CCCCN1Cc1ccc(NC(=O)CN2C(=O)NC3(CCc4ccccc43)C2=O)cc1. The van der Waals surface area contributed by atoms with Crippen molar-refractivity contribution in [2.45, 2.75) is 57.2 Å². The number of nitrogens with zero attached hydrogens (tertiary/aromatic N) is 2. The van der Waals surface area contributed by atoms with Crippen molar-refractivity contribution in [1.29, 1.82) is 0 Å². The first kappa shape index (κ1) is 21.6. The molecular formula is C26H30N4O3. The number of carbonyl (C=O) groups excluding carboxylic acids is 3. The molecule has 0 bridgehead atoms. The molecule has 2 aliphatic heterocycles. The quantitative estimate of drug-likeness (QED) is 0.690. The van der Waals surface area contributed by atoms with Crippen LogP contribution in [0.3, 0.4) is 0 Å². The van der Waals surface area contributed by atoms with Crippen LogP contribution in [-0.2, 0) is 28.1 Å². The minimum Gasteiger partial charge on any atom is -0.325 e. The van der Waals surface area contributed by atoms with Gasteiger partial charge in [-0.1, -0.05) is 42.8 Å². The van der Waals surface area contributed by atoms with Crippen LogP contribution in [0.4, 0.5) is 10.5 Å². The lowest BCUT2D eigenvalue weighted by Gasteiger charge is -2.33. The van der Waals surface area contributed by atoms with Gasteiger partial charge in [0.1, 0.15) is 12.1 Å². The van der Waals surface area contributed by atoms with Gasteiger partial charge in [0.15, 0.2) is 0 Å². The summed E-state index contributed by atoms with van der Waals surface area (Å²) in [5, 5.41) is 5.68. The van der Waals surface area contributed by atoms with Crippen molar-refractivity contribution in [3.05, 3.63) is 65.2 Å². The summed E-state index contributed by atoms with van der Waals surface area (Å²) in [7, 11) is 0. The highest BCUT2D eigenvalue weighted by atomic mass is 16.2. The molecule has 2 atom stereocenters. The molecule has 2 unspecified atom stereocenters. The number of amides is 4. The van der Waals surface area contributed by atoms with Crippen molar-refractivity contribution < 1.29 is 14.4 Å². The number of fused-ring (bicyclic) bond motifs is 2. The topological polar surface area (TPSA) is 81.8 Å². The van der Waals surface area contributed by atoms with Gasteiger partial charge in [-0.15, -0.1) is 0 Å². The predicted octanol–water partition coefficient (Wildman–Crippen LogP) is 3.39. The Balaban J connectivity index is 1.21. The van der Waals surface area contributed by atoms with E-state index in [0.717, 1.165) is 35.5 Å². The van der Waals surface area contributed by atoms with E-state index in [9.17, 15) is 14.4 Å². The third kappa shape index (κ3) is 4.02. The highest BCUT2D eigenvalue weighted by Gasteiger charge is 2.55. The van der Waals surface area contributed by atoms with Crippen molar-refractivity contribution in [3.63, 3.8) is 0 Å². The van der Waals surface area contributed by atoms with Crippen LogP contribution in [0.5, 0.6) is 0 Å². The maximum Gasteiger partial charge on any atom is 0.325 e. The lowest BCUT2D eigenvalue weighted by molar-refractivity contribution is -0.134. The number of rotatable bonds is 5. The molecular weight excluding hydrogens is 416 g/mol. The van der Waals surface area contributed by atoms with E-state index in [2.05, 4.69) is 22.5 Å². The summed E-state index contributed by atoms with van der Waals surface area (Å²) in [5.41, 5.74) is 2.73. The van der Waals surface area contributed by atoms with Crippen LogP contribution in [0, 0.1) is 0 Å². The molecule has 0 radical (unpaired) electrons. The first-order chi connectivity index (χ1) is 16.0. The van der Waals surface area contributed by atoms with Gasteiger partial charge in [-0.3, -0.25) is 19.4 Å². The number of anilines is 1. The Bertz CT molecular complexity index is 1080. The summed E-state index contributed by atoms with van der Waals surface area (Å²) in [6.45, 7) is 4.00. The van der Waals surface area contributed by atoms with Gasteiger partial charge in [-0.05, 0) is 68.0 Å². The molecule has 7 heteroatoms. The second kappa shape index (κ2) is 8.63. The van der Waals surface area contributed by atoms with E-state index in [-0.39, 0.29) is 18.4 Å². The number of likely N-dealkylation sites (tertiary alicyclic amines) is 1. The normalized spacial score (nSPS) is 24.8. The molecule has 0 aromatic heterocycles. The fourth-order valence-corrected chi connectivity index (χ4v) is 5.40. The van der Waals surface area contributed by atoms with Crippen LogP contribution >= 0.6 is 0 Å². The van der Waals surface area contributed by atoms with Crippen molar-refractivity contribution in [3.8, 4) is 0 Å². The van der Waals surface area contributed by atoms with Gasteiger partial charge in [0.05, 0.1) is 0 Å². The summed E-state index contributed by atoms with van der Waals surface area (Å²) in [4.78, 5) is 42.0. The average molecular weight is 447 g/mol. The zero-order chi connectivity index (χ0) is 23.0. The van der Waals surface area contributed by atoms with Crippen LogP contribution < -0.4 is 10.6 Å². The highest BCUT2D eigenvalue weighted by Crippen LogP contribution is 2.41. The number of hydrogen-bond donors (Lipinski definition) is 2. The number of aryl methyl sites for hydroxylation is 1. The van der Waals surface area contributed by atoms with E-state index in [1.54, 1.807) is 0 Å². The Hall–Kier alpha value is -3.19. The second-order valence-electron chi connectivity index (χ2n) is 9.44. The Kier molecular flexibility index (Phi) is 5.66. The molecule has 4 amide bonds. The summed E-state index contributed by atoms with van der Waals surface area (Å²) >= 11 is 0. The molecule has 1 spiro atoms. The van der Waals surface area contributed by atoms with E-state index >= 15 is 0 Å². The van der Waals surface area contributed by atoms with E-state index in [1.807, 2.05) is 48.5 Å². The highest BCUT2D eigenvalue weighted by molar-refractivity contribution is 6.10. The molecule has 2 heterocycles. The van der Waals surface area contributed by atoms with Gasteiger partial charge in [-0.2, -0.15) is 0 Å². The zero-order valence-corrected chi connectivity index (χ0v) is 19.0. The number of hydrogen-bond acceptors (Lipinski definition) is 4. The number of urea groups is 1. The molecule has 2 aromatic rings. The Morgan fingerprint density at radius 1 is 1.12 bits per heavy atom. The summed E-state index contributed by atoms with van der Waals surface area (Å²) in [6.07, 6.45) is 5.03. The van der Waals surface area contributed by atoms with E-state index in [0.29, 0.717) is 18.2 Å². The molecule has 7 nitrogen and oxygen atoms in total. The zero-order valence-electron chi connectivity index (χ0n) is 19.0. The smallest absolute Gasteiger partial charge is 0.325 e. The van der Waals surface area contributed by atoms with E-state index in [4.69, 9.17) is 0 Å². The van der Waals surface area contributed by atoms with Gasteiger partial charge >= 0.3 is 6.03 Å². The maximum absolute atomic E-state index is 13.2. The first-order valence-corrected chi connectivity index (χ1v) is 11.8. The van der Waals surface area contributed by atoms with Crippen LogP contribution in [0.2, 0.25) is 0 Å². The predicted molar refractivity (Wildman–Crippen MR) is 125 cm³/mol. The number of imide groups is 1. The van der Waals surface area contributed by atoms with Gasteiger partial charge in [0, 0.05) is 18.3 Å². The standard InChI is InChI=1S/C26H30N4O3/c1-18-6-4-5-15-29(18)16-19-9-11-21(12-10-19)27-23(31)17-30-24(32)26(28-25(30)33)14-13-20-7-2-3-8-22(20)26/h2-3,7-12,18H,4-6,13-17H2,1H3,(H,27,31)(H,28,33). The van der Waals surface area contributed by atoms with Crippen molar-refractivity contribution in [2.24, 2.45) is 0 Å². The molecule has 2 N–H and O–H groups in total. The lowest BCUT2D eigenvalue weighted by Crippen LogP contribution is -2.43. The fourth-order valence-electron chi connectivity index (χ4n) is 5.40. The number of benzene rings is 2. The molecule has 5 rings (SSSR count). The third-order valence-electron chi connectivity index (χ3n) is 7.29. The van der Waals surface area contributed by atoms with Gasteiger partial charge in [0.2, 0.25) is 5.91 Å². The average Bonchev–Trinajstić information content (AvgIpc) is 3.30. The van der Waals surface area contributed by atoms with Gasteiger partial charge in [-0.25, -0.2) is 4.79 Å². The Morgan fingerprint density at radius 2 is 1.91 bits per heavy atom. The molecule has 2 fully saturated rings. The fraction of sp³-hybridized carbons (Fsp3) is 0.423. The molecule has 3 aliphatic rings. The van der Waals surface area contributed by atoms with Crippen LogP contribution in [0.1, 0.15) is 49.3 Å². The molecule has 2 saturated heterocycles. The summed E-state index contributed by atoms with van der Waals surface area (Å²) in [6, 6.07) is 15.6. The van der Waals surface area contributed by atoms with Gasteiger partial charge < -0.3 is 10.6 Å². The molecule has 1 aliphatic carbocycles. The van der Waals surface area contributed by atoms with Gasteiger partial charge in [0.25, 0.3) is 5.91 Å². The Labute approximate surface area is 194 Å². The molecule has 0 saturated carbocycles. The monoisotopic (exact) mass is 446 g/mol. The minimum atomic E-state index is -1.04. The largest absolute Gasteiger partial charge is 0.325 e. The summed E-state index contributed by atoms with van der Waals surface area (Å²) in [5.74, 6) is -0.738. The molecule has 172 valence electrons. The van der Waals surface area contributed by atoms with E-state index < -0.39 is 11.6 Å². The van der Waals surface area contributed by atoms with Crippen LogP contribution in [-0.4, -0.2) is 46.8 Å². The molecule has 33 heavy (non-hydrogen) atoms. The molecule has 2 aromatic carbocycles. The number of carbonyl (C=O) groups is 3. The first-order valence-electron chi connectivity index (χ1n) is 11.8. The second-order valence-corrected chi connectivity index (χ2v) is 9.44. The minimum absolute atomic E-state index is 0.304. The lowest BCUT2D eigenvalue weighted by atomic mass is 9.92. The summed E-state index contributed by atoms with van der Waals surface area (Å²) < 4.78 is 0. The van der Waals surface area contributed by atoms with Crippen molar-refractivity contribution in [2.75, 3.05) is 18.4 Å². The van der Waals surface area contributed by atoms with Crippen molar-refractivity contribution >= 4 is 23.5 Å². The maximum atomic E-state index is 13.2. The third-order valence-corrected chi connectivity index (χ3v) is 7.29.